The third-order valence-electron chi connectivity index (χ3n) is 4.62. The molecule has 1 fully saturated rings. The van der Waals surface area contributed by atoms with E-state index in [0.29, 0.717) is 11.3 Å². The molecule has 1 saturated heterocycles. The summed E-state index contributed by atoms with van der Waals surface area (Å²) in [6.07, 6.45) is 1.15. The van der Waals surface area contributed by atoms with Crippen molar-refractivity contribution >= 4 is 17.5 Å². The highest BCUT2D eigenvalue weighted by Gasteiger charge is 2.24. The lowest BCUT2D eigenvalue weighted by atomic mass is 10.1. The van der Waals surface area contributed by atoms with Crippen molar-refractivity contribution in [3.63, 3.8) is 0 Å². The van der Waals surface area contributed by atoms with Crippen molar-refractivity contribution in [3.8, 4) is 5.75 Å². The number of rotatable bonds is 5. The number of likely N-dealkylation sites (tertiary alicyclic amines) is 1. The number of halogens is 1. The van der Waals surface area contributed by atoms with Crippen LogP contribution in [0.25, 0.3) is 0 Å². The van der Waals surface area contributed by atoms with Gasteiger partial charge in [-0.25, -0.2) is 4.39 Å². The van der Waals surface area contributed by atoms with Gasteiger partial charge in [0, 0.05) is 19.2 Å². The molecule has 0 radical (unpaired) electrons. The van der Waals surface area contributed by atoms with Crippen molar-refractivity contribution in [2.75, 3.05) is 18.4 Å². The summed E-state index contributed by atoms with van der Waals surface area (Å²) in [7, 11) is 0. The van der Waals surface area contributed by atoms with E-state index in [9.17, 15) is 14.0 Å². The van der Waals surface area contributed by atoms with E-state index in [1.54, 1.807) is 30.0 Å². The van der Waals surface area contributed by atoms with Crippen LogP contribution in [0.15, 0.2) is 42.5 Å². The van der Waals surface area contributed by atoms with E-state index < -0.39 is 17.8 Å². The number of carbonyl (C=O) groups is 2. The van der Waals surface area contributed by atoms with Crippen molar-refractivity contribution in [1.29, 1.82) is 0 Å². The molecule has 5 nitrogen and oxygen atoms in total. The first-order chi connectivity index (χ1) is 13.0. The molecule has 0 spiro atoms. The number of nitrogens with one attached hydrogen (secondary N) is 1. The number of carbonyl (C=O) groups excluding carboxylic acids is 2. The van der Waals surface area contributed by atoms with Gasteiger partial charge in [0.1, 0.15) is 11.6 Å². The second-order valence-corrected chi connectivity index (χ2v) is 6.70. The van der Waals surface area contributed by atoms with Gasteiger partial charge in [0.05, 0.1) is 11.3 Å². The van der Waals surface area contributed by atoms with Crippen molar-refractivity contribution in [2.24, 2.45) is 0 Å². The predicted molar refractivity (Wildman–Crippen MR) is 101 cm³/mol. The van der Waals surface area contributed by atoms with Crippen LogP contribution in [0.1, 0.15) is 35.7 Å². The Hall–Kier alpha value is -2.89. The van der Waals surface area contributed by atoms with Gasteiger partial charge < -0.3 is 15.0 Å². The van der Waals surface area contributed by atoms with Gasteiger partial charge >= 0.3 is 0 Å². The Kier molecular flexibility index (Phi) is 5.74. The number of amides is 2. The molecule has 0 aromatic heterocycles. The van der Waals surface area contributed by atoms with Crippen LogP contribution >= 0.6 is 0 Å². The zero-order chi connectivity index (χ0) is 19.4. The first-order valence-corrected chi connectivity index (χ1v) is 9.07. The molecule has 6 heteroatoms. The summed E-state index contributed by atoms with van der Waals surface area (Å²) >= 11 is 0. The molecule has 1 atom stereocenters. The summed E-state index contributed by atoms with van der Waals surface area (Å²) in [5.74, 6) is -0.637. The first kappa shape index (κ1) is 18.9. The SMILES string of the molecule is Cc1cccc(C(=O)N2CCCC2)c1NC(=O)C(C)Oc1cccc(F)c1. The Balaban J connectivity index is 1.76. The van der Waals surface area contributed by atoms with Crippen molar-refractivity contribution in [1.82, 2.24) is 4.90 Å². The number of benzene rings is 2. The van der Waals surface area contributed by atoms with Gasteiger partial charge in [-0.05, 0) is 50.5 Å². The largest absolute Gasteiger partial charge is 0.481 e. The van der Waals surface area contributed by atoms with Crippen LogP contribution in [-0.2, 0) is 4.79 Å². The predicted octanol–water partition coefficient (Wildman–Crippen LogP) is 3.78. The number of nitrogens with zero attached hydrogens (tertiary/aromatic N) is 1. The minimum absolute atomic E-state index is 0.0785. The van der Waals surface area contributed by atoms with Crippen LogP contribution in [0.5, 0.6) is 5.75 Å². The Morgan fingerprint density at radius 2 is 1.85 bits per heavy atom. The normalized spacial score (nSPS) is 14.7. The Labute approximate surface area is 158 Å². The molecule has 3 rings (SSSR count). The third-order valence-corrected chi connectivity index (χ3v) is 4.62. The molecule has 142 valence electrons. The quantitative estimate of drug-likeness (QED) is 0.871. The molecule has 1 N–H and O–H groups in total. The summed E-state index contributed by atoms with van der Waals surface area (Å²) in [6.45, 7) is 4.90. The van der Waals surface area contributed by atoms with Crippen LogP contribution in [0.4, 0.5) is 10.1 Å². The van der Waals surface area contributed by atoms with Gasteiger partial charge in [-0.1, -0.05) is 18.2 Å². The standard InChI is InChI=1S/C21H23FN2O3/c1-14-7-5-10-18(21(26)24-11-3-4-12-24)19(14)23-20(25)15(2)27-17-9-6-8-16(22)13-17/h5-10,13,15H,3-4,11-12H2,1-2H3,(H,23,25). The molecule has 2 amide bonds. The lowest BCUT2D eigenvalue weighted by Crippen LogP contribution is -2.33. The molecule has 0 saturated carbocycles. The minimum atomic E-state index is -0.846. The molecule has 2 aromatic carbocycles. The summed E-state index contributed by atoms with van der Waals surface area (Å²) < 4.78 is 18.8. The molecular formula is C21H23FN2O3. The van der Waals surface area contributed by atoms with Gasteiger partial charge in [0.15, 0.2) is 6.10 Å². The topological polar surface area (TPSA) is 58.6 Å². The fourth-order valence-electron chi connectivity index (χ4n) is 3.13. The number of para-hydroxylation sites is 1. The fraction of sp³-hybridized carbons (Fsp3) is 0.333. The van der Waals surface area contributed by atoms with E-state index in [4.69, 9.17) is 4.74 Å². The fourth-order valence-corrected chi connectivity index (χ4v) is 3.13. The molecule has 27 heavy (non-hydrogen) atoms. The summed E-state index contributed by atoms with van der Waals surface area (Å²) in [6, 6.07) is 11.0. The maximum absolute atomic E-state index is 13.3. The van der Waals surface area contributed by atoms with Gasteiger partial charge in [0.2, 0.25) is 0 Å². The molecule has 1 heterocycles. The minimum Gasteiger partial charge on any atom is -0.481 e. The first-order valence-electron chi connectivity index (χ1n) is 9.07. The van der Waals surface area contributed by atoms with Crippen molar-refractivity contribution in [3.05, 3.63) is 59.4 Å². The summed E-state index contributed by atoms with van der Waals surface area (Å²) in [4.78, 5) is 27.2. The number of hydrogen-bond acceptors (Lipinski definition) is 3. The van der Waals surface area contributed by atoms with Crippen LogP contribution in [-0.4, -0.2) is 35.9 Å². The van der Waals surface area contributed by atoms with Gasteiger partial charge in [-0.2, -0.15) is 0 Å². The zero-order valence-corrected chi connectivity index (χ0v) is 15.5. The van der Waals surface area contributed by atoms with Crippen molar-refractivity contribution in [2.45, 2.75) is 32.8 Å². The maximum atomic E-state index is 13.3. The highest BCUT2D eigenvalue weighted by atomic mass is 19.1. The van der Waals surface area contributed by atoms with Gasteiger partial charge in [-0.3, -0.25) is 9.59 Å². The van der Waals surface area contributed by atoms with Crippen LogP contribution in [0, 0.1) is 12.7 Å². The average Bonchev–Trinajstić information content (AvgIpc) is 3.17. The molecular weight excluding hydrogens is 347 g/mol. The molecule has 0 bridgehead atoms. The van der Waals surface area contributed by atoms with Gasteiger partial charge in [0.25, 0.3) is 11.8 Å². The van der Waals surface area contributed by atoms with Crippen molar-refractivity contribution < 1.29 is 18.7 Å². The number of aryl methyl sites for hydroxylation is 1. The van der Waals surface area contributed by atoms with E-state index >= 15 is 0 Å². The summed E-state index contributed by atoms with van der Waals surface area (Å²) in [5, 5.41) is 2.81. The summed E-state index contributed by atoms with van der Waals surface area (Å²) in [5.41, 5.74) is 1.77. The second kappa shape index (κ2) is 8.20. The van der Waals surface area contributed by atoms with Crippen LogP contribution in [0.3, 0.4) is 0 Å². The molecule has 2 aromatic rings. The third kappa shape index (κ3) is 4.45. The Morgan fingerprint density at radius 1 is 1.15 bits per heavy atom. The highest BCUT2D eigenvalue weighted by Crippen LogP contribution is 2.24. The molecule has 1 unspecified atom stereocenters. The van der Waals surface area contributed by atoms with E-state index in [-0.39, 0.29) is 11.7 Å². The number of hydrogen-bond donors (Lipinski definition) is 1. The van der Waals surface area contributed by atoms with E-state index in [0.717, 1.165) is 31.5 Å². The Bertz CT molecular complexity index is 847. The van der Waals surface area contributed by atoms with E-state index in [1.165, 1.54) is 18.2 Å². The highest BCUT2D eigenvalue weighted by molar-refractivity contribution is 6.05. The maximum Gasteiger partial charge on any atom is 0.265 e. The van der Waals surface area contributed by atoms with E-state index in [2.05, 4.69) is 5.32 Å². The van der Waals surface area contributed by atoms with Crippen LogP contribution in [0.2, 0.25) is 0 Å². The molecule has 1 aliphatic rings. The van der Waals surface area contributed by atoms with E-state index in [1.807, 2.05) is 13.0 Å². The second-order valence-electron chi connectivity index (χ2n) is 6.70. The van der Waals surface area contributed by atoms with Crippen LogP contribution < -0.4 is 10.1 Å². The zero-order valence-electron chi connectivity index (χ0n) is 15.5. The smallest absolute Gasteiger partial charge is 0.265 e. The number of ether oxygens (including phenoxy) is 1. The lowest BCUT2D eigenvalue weighted by molar-refractivity contribution is -0.122. The number of anilines is 1. The monoisotopic (exact) mass is 370 g/mol. The molecule has 0 aliphatic carbocycles. The van der Waals surface area contributed by atoms with Gasteiger partial charge in [-0.15, -0.1) is 0 Å². The lowest BCUT2D eigenvalue weighted by Gasteiger charge is -2.21. The Morgan fingerprint density at radius 3 is 2.56 bits per heavy atom. The molecule has 1 aliphatic heterocycles. The average molecular weight is 370 g/mol.